The first-order chi connectivity index (χ1) is 12.6. The number of amides is 2. The van der Waals surface area contributed by atoms with Crippen LogP contribution >= 0.6 is 0 Å². The lowest BCUT2D eigenvalue weighted by atomic mass is 10.1. The van der Waals surface area contributed by atoms with Crippen molar-refractivity contribution in [3.8, 4) is 11.3 Å². The molecule has 0 aliphatic rings. The van der Waals surface area contributed by atoms with Gasteiger partial charge in [-0.15, -0.1) is 10.2 Å². The number of rotatable bonds is 4. The van der Waals surface area contributed by atoms with Crippen LogP contribution in [0.5, 0.6) is 0 Å². The molecule has 26 heavy (non-hydrogen) atoms. The van der Waals surface area contributed by atoms with Gasteiger partial charge in [-0.3, -0.25) is 9.59 Å². The second-order valence-electron chi connectivity index (χ2n) is 5.25. The number of pyridine rings is 1. The Morgan fingerprint density at radius 1 is 1.00 bits per heavy atom. The molecular formula is C18H14FN5O2. The van der Waals surface area contributed by atoms with Gasteiger partial charge in [-0.1, -0.05) is 12.1 Å². The van der Waals surface area contributed by atoms with E-state index in [1.807, 2.05) is 0 Å². The molecule has 2 aromatic heterocycles. The zero-order valence-corrected chi connectivity index (χ0v) is 13.7. The normalized spacial score (nSPS) is 10.2. The van der Waals surface area contributed by atoms with Crippen molar-refractivity contribution in [3.63, 3.8) is 0 Å². The van der Waals surface area contributed by atoms with Gasteiger partial charge in [-0.2, -0.15) is 0 Å². The third-order valence-corrected chi connectivity index (χ3v) is 3.53. The van der Waals surface area contributed by atoms with E-state index in [1.54, 1.807) is 37.4 Å². The van der Waals surface area contributed by atoms with Crippen molar-refractivity contribution >= 4 is 17.6 Å². The first kappa shape index (κ1) is 17.2. The van der Waals surface area contributed by atoms with Crippen LogP contribution in [0.3, 0.4) is 0 Å². The topological polar surface area (TPSA) is 96.9 Å². The fourth-order valence-electron chi connectivity index (χ4n) is 2.25. The highest BCUT2D eigenvalue weighted by Gasteiger charge is 2.14. The molecule has 3 rings (SSSR count). The van der Waals surface area contributed by atoms with E-state index in [4.69, 9.17) is 0 Å². The molecule has 0 saturated heterocycles. The third kappa shape index (κ3) is 3.69. The molecule has 0 aliphatic heterocycles. The van der Waals surface area contributed by atoms with E-state index in [2.05, 4.69) is 25.8 Å². The number of aromatic nitrogens is 3. The summed E-state index contributed by atoms with van der Waals surface area (Å²) < 4.78 is 13.6. The van der Waals surface area contributed by atoms with Crippen LogP contribution < -0.4 is 10.6 Å². The Kier molecular flexibility index (Phi) is 4.93. The van der Waals surface area contributed by atoms with Crippen molar-refractivity contribution in [1.29, 1.82) is 0 Å². The number of nitrogens with one attached hydrogen (secondary N) is 2. The van der Waals surface area contributed by atoms with Crippen LogP contribution in [-0.2, 0) is 0 Å². The Morgan fingerprint density at radius 3 is 2.54 bits per heavy atom. The van der Waals surface area contributed by atoms with Gasteiger partial charge in [-0.05, 0) is 36.4 Å². The molecule has 0 saturated carbocycles. The summed E-state index contributed by atoms with van der Waals surface area (Å²) in [4.78, 5) is 27.4. The van der Waals surface area contributed by atoms with Crippen LogP contribution in [0.4, 0.5) is 10.2 Å². The molecule has 0 atom stereocenters. The van der Waals surface area contributed by atoms with Crippen LogP contribution in [-0.4, -0.2) is 34.0 Å². The van der Waals surface area contributed by atoms with Gasteiger partial charge in [-0.25, -0.2) is 9.37 Å². The monoisotopic (exact) mass is 351 g/mol. The summed E-state index contributed by atoms with van der Waals surface area (Å²) in [6, 6.07) is 12.6. The van der Waals surface area contributed by atoms with Gasteiger partial charge in [0.05, 0.1) is 5.69 Å². The lowest BCUT2D eigenvalue weighted by Crippen LogP contribution is -2.17. The van der Waals surface area contributed by atoms with Gasteiger partial charge in [0.15, 0.2) is 17.3 Å². The number of halogens is 1. The average Bonchev–Trinajstić information content (AvgIpc) is 2.68. The van der Waals surface area contributed by atoms with Crippen molar-refractivity contribution in [2.24, 2.45) is 0 Å². The van der Waals surface area contributed by atoms with E-state index >= 15 is 0 Å². The minimum absolute atomic E-state index is 0.159. The van der Waals surface area contributed by atoms with Gasteiger partial charge < -0.3 is 10.6 Å². The molecule has 2 amide bonds. The highest BCUT2D eigenvalue weighted by molar-refractivity contribution is 6.02. The smallest absolute Gasteiger partial charge is 0.278 e. The Morgan fingerprint density at radius 2 is 1.85 bits per heavy atom. The summed E-state index contributed by atoms with van der Waals surface area (Å²) in [5.74, 6) is -1.49. The van der Waals surface area contributed by atoms with E-state index in [0.717, 1.165) is 6.07 Å². The van der Waals surface area contributed by atoms with E-state index in [-0.39, 0.29) is 17.4 Å². The molecule has 130 valence electrons. The Balaban J connectivity index is 1.78. The maximum atomic E-state index is 13.6. The molecule has 3 aromatic rings. The number of anilines is 1. The van der Waals surface area contributed by atoms with Crippen LogP contribution in [0.2, 0.25) is 0 Å². The van der Waals surface area contributed by atoms with Gasteiger partial charge in [0.1, 0.15) is 0 Å². The molecule has 0 aliphatic carbocycles. The highest BCUT2D eigenvalue weighted by atomic mass is 19.1. The van der Waals surface area contributed by atoms with Gasteiger partial charge in [0, 0.05) is 24.4 Å². The molecule has 0 radical (unpaired) electrons. The van der Waals surface area contributed by atoms with Crippen molar-refractivity contribution < 1.29 is 14.0 Å². The molecule has 2 N–H and O–H groups in total. The molecular weight excluding hydrogens is 337 g/mol. The minimum Gasteiger partial charge on any atom is -0.355 e. The number of hydrogen-bond donors (Lipinski definition) is 2. The number of benzene rings is 1. The van der Waals surface area contributed by atoms with E-state index in [1.165, 1.54) is 18.3 Å². The quantitative estimate of drug-likeness (QED) is 0.752. The van der Waals surface area contributed by atoms with E-state index < -0.39 is 11.7 Å². The molecule has 1 aromatic carbocycles. The summed E-state index contributed by atoms with van der Waals surface area (Å²) >= 11 is 0. The summed E-state index contributed by atoms with van der Waals surface area (Å²) in [5, 5.41) is 12.9. The van der Waals surface area contributed by atoms with Crippen molar-refractivity contribution in [3.05, 3.63) is 71.8 Å². The average molecular weight is 351 g/mol. The molecule has 0 bridgehead atoms. The predicted molar refractivity (Wildman–Crippen MR) is 93.0 cm³/mol. The largest absolute Gasteiger partial charge is 0.355 e. The van der Waals surface area contributed by atoms with E-state index in [9.17, 15) is 14.0 Å². The van der Waals surface area contributed by atoms with Crippen molar-refractivity contribution in [2.45, 2.75) is 0 Å². The predicted octanol–water partition coefficient (Wildman–Crippen LogP) is 2.29. The minimum atomic E-state index is -0.722. The summed E-state index contributed by atoms with van der Waals surface area (Å²) in [6.07, 6.45) is 1.33. The van der Waals surface area contributed by atoms with Crippen LogP contribution in [0.25, 0.3) is 11.3 Å². The van der Waals surface area contributed by atoms with Crippen LogP contribution in [0, 0.1) is 5.82 Å². The third-order valence-electron chi connectivity index (χ3n) is 3.53. The first-order valence-electron chi connectivity index (χ1n) is 7.66. The number of nitrogens with zero attached hydrogens (tertiary/aromatic N) is 3. The van der Waals surface area contributed by atoms with Crippen molar-refractivity contribution in [2.75, 3.05) is 12.4 Å². The Bertz CT molecular complexity index is 960. The number of carbonyl (C=O) groups excluding carboxylic acids is 2. The molecule has 2 heterocycles. The number of carbonyl (C=O) groups is 2. The Hall–Kier alpha value is -3.68. The summed E-state index contributed by atoms with van der Waals surface area (Å²) in [5.41, 5.74) is 1.40. The second-order valence-corrected chi connectivity index (χ2v) is 5.25. The Labute approximate surface area is 148 Å². The molecule has 0 spiro atoms. The standard InChI is InChI=1S/C18H14FN5O2/c1-20-17(25)12-5-2-4-11(10-12)14-7-8-15(24-23-14)22-18(26)16-13(19)6-3-9-21-16/h2-10H,1H3,(H,20,25)(H,22,24,26). The van der Waals surface area contributed by atoms with E-state index in [0.29, 0.717) is 16.8 Å². The second kappa shape index (κ2) is 7.47. The lowest BCUT2D eigenvalue weighted by Gasteiger charge is -2.06. The summed E-state index contributed by atoms with van der Waals surface area (Å²) in [6.45, 7) is 0. The maximum absolute atomic E-state index is 13.6. The number of hydrogen-bond acceptors (Lipinski definition) is 5. The zero-order chi connectivity index (χ0) is 18.5. The fraction of sp³-hybridized carbons (Fsp3) is 0.0556. The van der Waals surface area contributed by atoms with Gasteiger partial charge in [0.2, 0.25) is 0 Å². The zero-order valence-electron chi connectivity index (χ0n) is 13.7. The maximum Gasteiger partial charge on any atom is 0.278 e. The highest BCUT2D eigenvalue weighted by Crippen LogP contribution is 2.19. The summed E-state index contributed by atoms with van der Waals surface area (Å²) in [7, 11) is 1.55. The molecule has 7 nitrogen and oxygen atoms in total. The molecule has 8 heteroatoms. The van der Waals surface area contributed by atoms with Gasteiger partial charge >= 0.3 is 0 Å². The van der Waals surface area contributed by atoms with Crippen LogP contribution in [0.15, 0.2) is 54.7 Å². The molecule has 0 unspecified atom stereocenters. The first-order valence-corrected chi connectivity index (χ1v) is 7.66. The SMILES string of the molecule is CNC(=O)c1cccc(-c2ccc(NC(=O)c3ncccc3F)nn2)c1. The van der Waals surface area contributed by atoms with Crippen LogP contribution in [0.1, 0.15) is 20.8 Å². The van der Waals surface area contributed by atoms with Crippen molar-refractivity contribution in [1.82, 2.24) is 20.5 Å². The van der Waals surface area contributed by atoms with Gasteiger partial charge in [0.25, 0.3) is 11.8 Å². The molecule has 0 fully saturated rings. The lowest BCUT2D eigenvalue weighted by molar-refractivity contribution is 0.0962. The fourth-order valence-corrected chi connectivity index (χ4v) is 2.25.